The highest BCUT2D eigenvalue weighted by atomic mass is 19.4. The summed E-state index contributed by atoms with van der Waals surface area (Å²) in [6.07, 6.45) is -10.2. The molecule has 0 aliphatic carbocycles. The van der Waals surface area contributed by atoms with Gasteiger partial charge in [-0.2, -0.15) is 26.3 Å². The van der Waals surface area contributed by atoms with E-state index >= 15 is 0 Å². The van der Waals surface area contributed by atoms with Gasteiger partial charge in [0, 0.05) is 23.5 Å². The number of halogens is 6. The molecule has 0 heterocycles. The number of aliphatic hydroxyl groups is 1. The lowest BCUT2D eigenvalue weighted by Gasteiger charge is -2.19. The van der Waals surface area contributed by atoms with Crippen LogP contribution in [0.25, 0.3) is 0 Å². The number of rotatable bonds is 9. The summed E-state index contributed by atoms with van der Waals surface area (Å²) in [5, 5.41) is 30.8. The van der Waals surface area contributed by atoms with Gasteiger partial charge in [0.2, 0.25) is 11.8 Å². The van der Waals surface area contributed by atoms with Crippen LogP contribution in [0.15, 0.2) is 42.5 Å². The molecule has 16 heteroatoms. The Kier molecular flexibility index (Phi) is 11.7. The van der Waals surface area contributed by atoms with Crippen LogP contribution in [0.4, 0.5) is 37.7 Å². The second kappa shape index (κ2) is 14.0. The van der Waals surface area contributed by atoms with Crippen molar-refractivity contribution in [3.05, 3.63) is 59.2 Å². The van der Waals surface area contributed by atoms with Crippen molar-refractivity contribution in [3.8, 4) is 0 Å². The number of amides is 2. The maximum Gasteiger partial charge on any atom is 0.490 e. The lowest BCUT2D eigenvalue weighted by atomic mass is 10.0. The monoisotopic (exact) mass is 565 g/mol. The summed E-state index contributed by atoms with van der Waals surface area (Å²) in [7, 11) is 0. The first kappa shape index (κ1) is 32.7. The number of carbonyl (C=O) groups is 3. The smallest absolute Gasteiger partial charge is 0.475 e. The zero-order valence-electron chi connectivity index (χ0n) is 20.2. The Hall–Kier alpha value is -4.34. The van der Waals surface area contributed by atoms with Crippen LogP contribution in [0.1, 0.15) is 36.1 Å². The molecule has 214 valence electrons. The number of benzene rings is 2. The third-order valence-corrected chi connectivity index (χ3v) is 4.70. The molecule has 10 nitrogen and oxygen atoms in total. The number of carbonyl (C=O) groups excluding carboxylic acids is 2. The number of hydrogen-bond acceptors (Lipinski definition) is 6. The molecule has 0 aromatic heterocycles. The Morgan fingerprint density at radius 2 is 1.56 bits per heavy atom. The van der Waals surface area contributed by atoms with Crippen LogP contribution in [0.3, 0.4) is 0 Å². The van der Waals surface area contributed by atoms with E-state index in [1.807, 2.05) is 0 Å². The molecule has 2 aromatic carbocycles. The van der Waals surface area contributed by atoms with E-state index < -0.39 is 48.2 Å². The van der Waals surface area contributed by atoms with Crippen molar-refractivity contribution in [2.75, 3.05) is 23.8 Å². The number of carboxylic acid groups (broad SMARTS) is 1. The molecule has 1 unspecified atom stereocenters. The van der Waals surface area contributed by atoms with Crippen molar-refractivity contribution in [1.29, 1.82) is 5.41 Å². The molecule has 39 heavy (non-hydrogen) atoms. The minimum Gasteiger partial charge on any atom is -0.475 e. The van der Waals surface area contributed by atoms with E-state index in [4.69, 9.17) is 26.2 Å². The highest BCUT2D eigenvalue weighted by Gasteiger charge is 2.38. The molecule has 2 rings (SSSR count). The second-order valence-corrected chi connectivity index (χ2v) is 7.76. The van der Waals surface area contributed by atoms with Crippen molar-refractivity contribution in [2.45, 2.75) is 31.7 Å². The summed E-state index contributed by atoms with van der Waals surface area (Å²) in [5.41, 5.74) is 5.35. The molecule has 0 saturated carbocycles. The average molecular weight is 565 g/mol. The van der Waals surface area contributed by atoms with Gasteiger partial charge in [-0.1, -0.05) is 6.07 Å². The number of aliphatic hydroxyl groups excluding tert-OH is 1. The summed E-state index contributed by atoms with van der Waals surface area (Å²) in [6.45, 7) is 1.14. The summed E-state index contributed by atoms with van der Waals surface area (Å²) in [4.78, 5) is 33.2. The number of hydrogen-bond donors (Lipinski definition) is 7. The van der Waals surface area contributed by atoms with Crippen LogP contribution in [0.2, 0.25) is 0 Å². The molecule has 0 fully saturated rings. The number of amidine groups is 1. The van der Waals surface area contributed by atoms with E-state index in [0.717, 1.165) is 6.07 Å². The topological polar surface area (TPSA) is 178 Å². The van der Waals surface area contributed by atoms with Gasteiger partial charge >= 0.3 is 18.3 Å². The van der Waals surface area contributed by atoms with Gasteiger partial charge in [0.25, 0.3) is 0 Å². The zero-order valence-corrected chi connectivity index (χ0v) is 20.2. The van der Waals surface area contributed by atoms with Gasteiger partial charge in [0.1, 0.15) is 12.3 Å². The fraction of sp³-hybridized carbons (Fsp3) is 0.304. The van der Waals surface area contributed by atoms with Crippen LogP contribution in [0.5, 0.6) is 0 Å². The van der Waals surface area contributed by atoms with Crippen LogP contribution < -0.4 is 21.7 Å². The molecular weight excluding hydrogens is 540 g/mol. The van der Waals surface area contributed by atoms with Crippen molar-refractivity contribution in [1.82, 2.24) is 5.32 Å². The molecule has 0 aliphatic rings. The minimum absolute atomic E-state index is 0.0404. The largest absolute Gasteiger partial charge is 0.490 e. The Balaban J connectivity index is 0.000000956. The van der Waals surface area contributed by atoms with E-state index in [1.54, 1.807) is 0 Å². The molecule has 0 saturated heterocycles. The normalized spacial score (nSPS) is 11.9. The standard InChI is InChI=1S/C21H24F3N5O3.C2HF3O2/c1-12(14-4-7-17(27-8-9-30)16(10-14)21(22,23)24)28-18(31)11-19(32)29-15-5-2-13(3-6-15)20(25)26;3-2(4,5)1(6)7/h2-7,10,12,27,30H,8-9,11H2,1H3,(H3,25,26)(H,28,31)(H,29,32);(H,6,7). The van der Waals surface area contributed by atoms with E-state index in [1.165, 1.54) is 43.3 Å². The van der Waals surface area contributed by atoms with E-state index in [-0.39, 0.29) is 30.2 Å². The number of alkyl halides is 6. The number of nitrogens with one attached hydrogen (secondary N) is 4. The SMILES string of the molecule is CC(NC(=O)CC(=O)Nc1ccc(C(=N)N)cc1)c1ccc(NCCO)c(C(F)(F)F)c1.O=C(O)C(F)(F)F. The number of anilines is 2. The Morgan fingerprint density at radius 1 is 1.00 bits per heavy atom. The second-order valence-electron chi connectivity index (χ2n) is 7.76. The highest BCUT2D eigenvalue weighted by molar-refractivity contribution is 6.04. The van der Waals surface area contributed by atoms with Gasteiger partial charge in [-0.15, -0.1) is 0 Å². The van der Waals surface area contributed by atoms with Crippen molar-refractivity contribution < 1.29 is 50.9 Å². The molecule has 8 N–H and O–H groups in total. The van der Waals surface area contributed by atoms with Gasteiger partial charge in [0.05, 0.1) is 18.2 Å². The van der Waals surface area contributed by atoms with Gasteiger partial charge in [-0.05, 0) is 48.9 Å². The summed E-state index contributed by atoms with van der Waals surface area (Å²) >= 11 is 0. The maximum atomic E-state index is 13.4. The molecular formula is C23H25F6N5O5. The molecule has 0 spiro atoms. The van der Waals surface area contributed by atoms with E-state index in [9.17, 15) is 35.9 Å². The molecule has 2 amide bonds. The molecule has 0 radical (unpaired) electrons. The first-order chi connectivity index (χ1) is 17.9. The van der Waals surface area contributed by atoms with Gasteiger partial charge in [0.15, 0.2) is 0 Å². The molecule has 2 aromatic rings. The maximum absolute atomic E-state index is 13.4. The summed E-state index contributed by atoms with van der Waals surface area (Å²) in [5.74, 6) is -4.15. The lowest BCUT2D eigenvalue weighted by Crippen LogP contribution is -2.30. The Bertz CT molecular complexity index is 1170. The van der Waals surface area contributed by atoms with Crippen LogP contribution in [0, 0.1) is 5.41 Å². The lowest BCUT2D eigenvalue weighted by molar-refractivity contribution is -0.192. The molecule has 0 aliphatic heterocycles. The Labute approximate surface area is 217 Å². The van der Waals surface area contributed by atoms with Gasteiger partial charge in [-0.3, -0.25) is 15.0 Å². The number of nitrogens with two attached hydrogens (primary N) is 1. The average Bonchev–Trinajstić information content (AvgIpc) is 2.81. The third-order valence-electron chi connectivity index (χ3n) is 4.70. The first-order valence-electron chi connectivity index (χ1n) is 10.8. The Morgan fingerprint density at radius 3 is 2.03 bits per heavy atom. The van der Waals surface area contributed by atoms with Gasteiger partial charge in [-0.25, -0.2) is 4.79 Å². The van der Waals surface area contributed by atoms with E-state index in [2.05, 4.69) is 16.0 Å². The van der Waals surface area contributed by atoms with Crippen molar-refractivity contribution in [2.24, 2.45) is 5.73 Å². The first-order valence-corrected chi connectivity index (χ1v) is 10.8. The fourth-order valence-electron chi connectivity index (χ4n) is 2.87. The number of carboxylic acids is 1. The fourth-order valence-corrected chi connectivity index (χ4v) is 2.87. The van der Waals surface area contributed by atoms with Crippen molar-refractivity contribution >= 4 is 35.0 Å². The van der Waals surface area contributed by atoms with Crippen LogP contribution in [-0.4, -0.2) is 53.2 Å². The molecule has 1 atom stereocenters. The number of aliphatic carboxylic acids is 1. The summed E-state index contributed by atoms with van der Waals surface area (Å²) in [6, 6.07) is 8.93. The quantitative estimate of drug-likeness (QED) is 0.106. The van der Waals surface area contributed by atoms with Crippen LogP contribution >= 0.6 is 0 Å². The number of nitrogen functional groups attached to an aromatic ring is 1. The highest BCUT2D eigenvalue weighted by Crippen LogP contribution is 2.36. The minimum atomic E-state index is -5.08. The zero-order chi connectivity index (χ0) is 30.0. The van der Waals surface area contributed by atoms with Crippen LogP contribution in [-0.2, 0) is 20.6 Å². The summed E-state index contributed by atoms with van der Waals surface area (Å²) < 4.78 is 71.8. The molecule has 0 bridgehead atoms. The predicted molar refractivity (Wildman–Crippen MR) is 128 cm³/mol. The van der Waals surface area contributed by atoms with E-state index in [0.29, 0.717) is 11.3 Å². The third kappa shape index (κ3) is 11.3. The predicted octanol–water partition coefficient (Wildman–Crippen LogP) is 3.23. The van der Waals surface area contributed by atoms with Crippen molar-refractivity contribution in [3.63, 3.8) is 0 Å². The van der Waals surface area contributed by atoms with Gasteiger partial charge < -0.3 is 31.9 Å².